The second-order valence-electron chi connectivity index (χ2n) is 11.5. The highest BCUT2D eigenvalue weighted by Gasteiger charge is 2.68. The summed E-state index contributed by atoms with van der Waals surface area (Å²) in [4.78, 5) is 29.5. The Morgan fingerprint density at radius 2 is 1.97 bits per heavy atom. The van der Waals surface area contributed by atoms with Crippen molar-refractivity contribution < 1.29 is 28.7 Å². The van der Waals surface area contributed by atoms with Crippen molar-refractivity contribution in [3.8, 4) is 5.88 Å². The van der Waals surface area contributed by atoms with Crippen LogP contribution in [-0.2, 0) is 14.1 Å². The van der Waals surface area contributed by atoms with E-state index in [-0.39, 0.29) is 23.3 Å². The molecule has 7 atom stereocenters. The summed E-state index contributed by atoms with van der Waals surface area (Å²) in [5.41, 5.74) is -0.174. The molecule has 1 aliphatic heterocycles. The third-order valence-electron chi connectivity index (χ3n) is 8.22. The number of rotatable bonds is 8. The van der Waals surface area contributed by atoms with Crippen LogP contribution in [0.15, 0.2) is 24.4 Å². The molecule has 3 N–H and O–H groups in total. The number of aliphatic hydroxyl groups excluding tert-OH is 1. The van der Waals surface area contributed by atoms with E-state index < -0.39 is 42.8 Å². The number of carbonyl (C=O) groups is 2. The lowest BCUT2D eigenvalue weighted by atomic mass is 9.43. The van der Waals surface area contributed by atoms with Crippen LogP contribution in [0.4, 0.5) is 4.79 Å². The number of nitrogens with zero attached hydrogens (tertiary/aromatic N) is 1. The van der Waals surface area contributed by atoms with Crippen LogP contribution in [0.1, 0.15) is 60.8 Å². The quantitative estimate of drug-likeness (QED) is 0.483. The predicted molar refractivity (Wildman–Crippen MR) is 130 cm³/mol. The molecule has 0 aromatic carbocycles. The van der Waals surface area contributed by atoms with Crippen molar-refractivity contribution in [1.82, 2.24) is 15.6 Å². The van der Waals surface area contributed by atoms with Crippen molar-refractivity contribution in [2.24, 2.45) is 23.2 Å². The van der Waals surface area contributed by atoms with E-state index in [9.17, 15) is 14.7 Å². The van der Waals surface area contributed by atoms with Gasteiger partial charge in [-0.2, -0.15) is 0 Å². The molecule has 1 aromatic rings. The van der Waals surface area contributed by atoms with Gasteiger partial charge in [0.25, 0.3) is 0 Å². The lowest BCUT2D eigenvalue weighted by Crippen LogP contribution is -2.65. The first-order valence-corrected chi connectivity index (χ1v) is 12.6. The van der Waals surface area contributed by atoms with Gasteiger partial charge in [-0.15, -0.1) is 0 Å². The Balaban J connectivity index is 1.43. The van der Waals surface area contributed by atoms with E-state index >= 15 is 0 Å². The molecule has 192 valence electrons. The Bertz CT molecular complexity index is 929. The number of nitrogens with one attached hydrogen (secondary N) is 2. The molecule has 2 heterocycles. The van der Waals surface area contributed by atoms with Crippen LogP contribution >= 0.6 is 0 Å². The average Bonchev–Trinajstić information content (AvgIpc) is 3.14. The highest BCUT2D eigenvalue weighted by atomic mass is 16.7. The summed E-state index contributed by atoms with van der Waals surface area (Å²) in [5, 5.41) is 15.7. The first kappa shape index (κ1) is 25.9. The van der Waals surface area contributed by atoms with Crippen molar-refractivity contribution in [2.75, 3.05) is 0 Å². The SMILES string of the molecule is CC(C)C[C@H](NC(=O)[C@@H](NC(=O)Oc1ccccn1)[C@@H](C)O)B1O[C@@H]2C[C@@H]3C[C@@H](C3(C)C)[C@]2(C)O1. The normalized spacial score (nSPS) is 31.1. The minimum absolute atomic E-state index is 0.00474. The van der Waals surface area contributed by atoms with Gasteiger partial charge in [0.1, 0.15) is 6.04 Å². The van der Waals surface area contributed by atoms with Crippen LogP contribution in [0.2, 0.25) is 0 Å². The monoisotopic (exact) mass is 487 g/mol. The fourth-order valence-corrected chi connectivity index (χ4v) is 6.15. The fourth-order valence-electron chi connectivity index (χ4n) is 6.15. The number of amides is 2. The van der Waals surface area contributed by atoms with Gasteiger partial charge < -0.3 is 29.8 Å². The third-order valence-corrected chi connectivity index (χ3v) is 8.22. The number of aromatic nitrogens is 1. The van der Waals surface area contributed by atoms with Crippen molar-refractivity contribution in [2.45, 2.75) is 90.6 Å². The van der Waals surface area contributed by atoms with Gasteiger partial charge in [0.2, 0.25) is 11.8 Å². The summed E-state index contributed by atoms with van der Waals surface area (Å²) in [7, 11) is -0.596. The van der Waals surface area contributed by atoms with E-state index in [1.807, 2.05) is 0 Å². The van der Waals surface area contributed by atoms with Crippen molar-refractivity contribution in [3.05, 3.63) is 24.4 Å². The Labute approximate surface area is 207 Å². The molecule has 0 spiro atoms. The van der Waals surface area contributed by atoms with Gasteiger partial charge in [-0.3, -0.25) is 4.79 Å². The standard InChI is InChI=1S/C25H38BN3O6/c1-14(2)11-19(26-34-18-13-16-12-17(24(16,4)5)25(18,6)35-26)28-22(31)21(15(3)30)29-23(32)33-20-9-7-8-10-27-20/h7-10,14-19,21,30H,11-13H2,1-6H3,(H,28,31)(H,29,32)/t15-,16+,17+,18-,19+,21+,25+/m1/s1. The number of hydrogen-bond acceptors (Lipinski definition) is 7. The number of aliphatic hydroxyl groups is 1. The molecule has 2 amide bonds. The smallest absolute Gasteiger partial charge is 0.404 e. The van der Waals surface area contributed by atoms with E-state index in [1.165, 1.54) is 19.2 Å². The molecule has 10 heteroatoms. The molecular weight excluding hydrogens is 449 g/mol. The molecule has 9 nitrogen and oxygen atoms in total. The van der Waals surface area contributed by atoms with Gasteiger partial charge in [-0.1, -0.05) is 33.8 Å². The summed E-state index contributed by atoms with van der Waals surface area (Å²) < 4.78 is 18.1. The van der Waals surface area contributed by atoms with E-state index in [2.05, 4.69) is 50.2 Å². The number of carbonyl (C=O) groups excluding carboxylic acids is 2. The lowest BCUT2D eigenvalue weighted by Gasteiger charge is -2.64. The summed E-state index contributed by atoms with van der Waals surface area (Å²) in [6.07, 6.45) is 2.18. The van der Waals surface area contributed by atoms with Crippen LogP contribution < -0.4 is 15.4 Å². The summed E-state index contributed by atoms with van der Waals surface area (Å²) in [6.45, 7) is 12.3. The zero-order valence-corrected chi connectivity index (χ0v) is 21.5. The third kappa shape index (κ3) is 5.06. The van der Waals surface area contributed by atoms with Crippen molar-refractivity contribution >= 4 is 19.1 Å². The highest BCUT2D eigenvalue weighted by molar-refractivity contribution is 6.48. The Kier molecular flexibility index (Phi) is 7.19. The molecule has 1 aromatic heterocycles. The van der Waals surface area contributed by atoms with E-state index in [1.54, 1.807) is 12.1 Å². The maximum Gasteiger partial charge on any atom is 0.481 e. The van der Waals surface area contributed by atoms with Gasteiger partial charge in [0, 0.05) is 12.3 Å². The molecule has 3 aliphatic carbocycles. The van der Waals surface area contributed by atoms with Gasteiger partial charge >= 0.3 is 13.2 Å². The summed E-state index contributed by atoms with van der Waals surface area (Å²) in [6, 6.07) is 3.68. The van der Waals surface area contributed by atoms with E-state index in [4.69, 9.17) is 14.0 Å². The second-order valence-corrected chi connectivity index (χ2v) is 11.5. The minimum Gasteiger partial charge on any atom is -0.404 e. The van der Waals surface area contributed by atoms with Crippen LogP contribution in [0, 0.1) is 23.2 Å². The molecule has 0 unspecified atom stereocenters. The van der Waals surface area contributed by atoms with E-state index in [0.29, 0.717) is 18.3 Å². The Hall–Kier alpha value is -2.17. The predicted octanol–water partition coefficient (Wildman–Crippen LogP) is 2.72. The highest BCUT2D eigenvalue weighted by Crippen LogP contribution is 2.65. The minimum atomic E-state index is -1.22. The molecule has 4 fully saturated rings. The Morgan fingerprint density at radius 1 is 1.23 bits per heavy atom. The lowest BCUT2D eigenvalue weighted by molar-refractivity contribution is -0.199. The zero-order chi connectivity index (χ0) is 25.5. The number of ether oxygens (including phenoxy) is 1. The zero-order valence-electron chi connectivity index (χ0n) is 21.5. The maximum absolute atomic E-state index is 13.2. The first-order valence-electron chi connectivity index (χ1n) is 12.6. The molecule has 35 heavy (non-hydrogen) atoms. The molecule has 3 saturated carbocycles. The summed E-state index contributed by atoms with van der Waals surface area (Å²) >= 11 is 0. The molecule has 0 radical (unpaired) electrons. The van der Waals surface area contributed by atoms with Gasteiger partial charge in [0.05, 0.1) is 23.8 Å². The van der Waals surface area contributed by atoms with Gasteiger partial charge in [0.15, 0.2) is 0 Å². The van der Waals surface area contributed by atoms with E-state index in [0.717, 1.165) is 12.8 Å². The number of pyridine rings is 1. The van der Waals surface area contributed by atoms with Crippen molar-refractivity contribution in [1.29, 1.82) is 0 Å². The molecule has 1 saturated heterocycles. The second kappa shape index (κ2) is 9.71. The van der Waals surface area contributed by atoms with Crippen LogP contribution in [-0.4, -0.2) is 59.0 Å². The Morgan fingerprint density at radius 3 is 2.57 bits per heavy atom. The first-order chi connectivity index (χ1) is 16.4. The van der Waals surface area contributed by atoms with Crippen LogP contribution in [0.3, 0.4) is 0 Å². The van der Waals surface area contributed by atoms with Gasteiger partial charge in [-0.25, -0.2) is 9.78 Å². The molecule has 4 aliphatic rings. The van der Waals surface area contributed by atoms with Crippen LogP contribution in [0.25, 0.3) is 0 Å². The number of hydrogen-bond donors (Lipinski definition) is 3. The van der Waals surface area contributed by atoms with Crippen LogP contribution in [0.5, 0.6) is 5.88 Å². The maximum atomic E-state index is 13.2. The molecular formula is C25H38BN3O6. The molecule has 5 rings (SSSR count). The average molecular weight is 487 g/mol. The van der Waals surface area contributed by atoms with Gasteiger partial charge in [-0.05, 0) is 62.3 Å². The fraction of sp³-hybridized carbons (Fsp3) is 0.720. The molecule has 2 bridgehead atoms. The topological polar surface area (TPSA) is 119 Å². The largest absolute Gasteiger partial charge is 0.481 e. The summed E-state index contributed by atoms with van der Waals surface area (Å²) in [5.74, 6) is 0.436. The van der Waals surface area contributed by atoms with Crippen molar-refractivity contribution in [3.63, 3.8) is 0 Å².